The first kappa shape index (κ1) is 10.9. The summed E-state index contributed by atoms with van der Waals surface area (Å²) in [6.07, 6.45) is 6.15. The topological polar surface area (TPSA) is 0 Å². The lowest BCUT2D eigenvalue weighted by Crippen LogP contribution is -2.30. The van der Waals surface area contributed by atoms with E-state index >= 15 is 0 Å². The summed E-state index contributed by atoms with van der Waals surface area (Å²) in [6, 6.07) is 2.30. The van der Waals surface area contributed by atoms with Gasteiger partial charge in [0.2, 0.25) is 0 Å². The molecule has 0 saturated heterocycles. The van der Waals surface area contributed by atoms with Gasteiger partial charge in [0.1, 0.15) is 0 Å². The molecule has 1 aromatic rings. The summed E-state index contributed by atoms with van der Waals surface area (Å²) in [6.45, 7) is 9.12. The van der Waals surface area contributed by atoms with Crippen molar-refractivity contribution in [2.75, 3.05) is 0 Å². The van der Waals surface area contributed by atoms with E-state index in [-0.39, 0.29) is 0 Å². The Kier molecular flexibility index (Phi) is 3.01. The largest absolute Gasteiger partial charge is 0.145 e. The Bertz CT molecular complexity index is 365. The van der Waals surface area contributed by atoms with Crippen molar-refractivity contribution in [2.24, 2.45) is 17.8 Å². The average Bonchev–Trinajstić information content (AvgIpc) is 2.45. The second-order valence-corrected chi connectivity index (χ2v) is 6.46. The lowest BCUT2D eigenvalue weighted by Gasteiger charge is -2.39. The van der Waals surface area contributed by atoms with Crippen LogP contribution in [0.2, 0.25) is 0 Å². The Hall–Kier alpha value is -0.560. The molecule has 1 heterocycles. The van der Waals surface area contributed by atoms with Crippen LogP contribution in [0.3, 0.4) is 0 Å². The van der Waals surface area contributed by atoms with E-state index in [9.17, 15) is 0 Å². The smallest absolute Gasteiger partial charge is 0.00892 e. The molecule has 1 heteroatoms. The summed E-state index contributed by atoms with van der Waals surface area (Å²) in [5.74, 6) is 2.58. The van der Waals surface area contributed by atoms with Crippen LogP contribution in [0, 0.1) is 31.6 Å². The van der Waals surface area contributed by atoms with Crippen LogP contribution in [-0.2, 0) is 0 Å². The van der Waals surface area contributed by atoms with E-state index < -0.39 is 0 Å². The number of rotatable bonds is 2. The van der Waals surface area contributed by atoms with Crippen molar-refractivity contribution in [1.29, 1.82) is 0 Å². The normalized spacial score (nSPS) is 30.8. The molecular weight excluding hydrogens is 200 g/mol. The molecule has 1 aromatic heterocycles. The van der Waals surface area contributed by atoms with Crippen molar-refractivity contribution in [3.63, 3.8) is 0 Å². The molecule has 0 nitrogen and oxygen atoms in total. The maximum absolute atomic E-state index is 2.42. The molecule has 2 atom stereocenters. The molecule has 1 fully saturated rings. The molecule has 82 valence electrons. The minimum atomic E-state index is 0.810. The second-order valence-electron chi connectivity index (χ2n) is 5.00. The van der Waals surface area contributed by atoms with Crippen molar-refractivity contribution in [1.82, 2.24) is 0 Å². The van der Waals surface area contributed by atoms with Gasteiger partial charge in [-0.2, -0.15) is 0 Å². The molecule has 1 aliphatic rings. The van der Waals surface area contributed by atoms with E-state index in [0.29, 0.717) is 0 Å². The Morgan fingerprint density at radius 2 is 1.93 bits per heavy atom. The van der Waals surface area contributed by atoms with Crippen molar-refractivity contribution in [3.8, 4) is 0 Å². The predicted octanol–water partition coefficient (Wildman–Crippen LogP) is 4.67. The first-order chi connectivity index (χ1) is 7.08. The van der Waals surface area contributed by atoms with Gasteiger partial charge in [-0.25, -0.2) is 0 Å². The van der Waals surface area contributed by atoms with Gasteiger partial charge in [0.05, 0.1) is 0 Å². The maximum atomic E-state index is 2.42. The Balaban J connectivity index is 2.08. The van der Waals surface area contributed by atoms with Crippen molar-refractivity contribution in [3.05, 3.63) is 27.5 Å². The van der Waals surface area contributed by atoms with Gasteiger partial charge in [-0.1, -0.05) is 26.0 Å². The number of thiophene rings is 1. The molecule has 0 spiro atoms. The summed E-state index contributed by atoms with van der Waals surface area (Å²) < 4.78 is 0. The molecule has 1 aliphatic carbocycles. The molecule has 0 bridgehead atoms. The van der Waals surface area contributed by atoms with Gasteiger partial charge in [-0.3, -0.25) is 0 Å². The lowest BCUT2D eigenvalue weighted by molar-refractivity contribution is 0.149. The molecule has 0 amide bonds. The minimum absolute atomic E-state index is 0.810. The highest BCUT2D eigenvalue weighted by molar-refractivity contribution is 7.12. The van der Waals surface area contributed by atoms with Crippen LogP contribution in [0.15, 0.2) is 12.1 Å². The number of hydrogen-bond donors (Lipinski definition) is 0. The fourth-order valence-corrected chi connectivity index (χ4v) is 3.59. The van der Waals surface area contributed by atoms with E-state index in [2.05, 4.69) is 45.9 Å². The van der Waals surface area contributed by atoms with Gasteiger partial charge < -0.3 is 0 Å². The molecule has 0 radical (unpaired) electrons. The molecule has 0 aliphatic heterocycles. The first-order valence-corrected chi connectivity index (χ1v) is 6.65. The maximum Gasteiger partial charge on any atom is 0.00892 e. The van der Waals surface area contributed by atoms with Crippen LogP contribution in [-0.4, -0.2) is 0 Å². The van der Waals surface area contributed by atoms with E-state index in [1.807, 2.05) is 11.3 Å². The highest BCUT2D eigenvalue weighted by Crippen LogP contribution is 2.41. The van der Waals surface area contributed by atoms with Crippen molar-refractivity contribution >= 4 is 17.4 Å². The van der Waals surface area contributed by atoms with Crippen molar-refractivity contribution in [2.45, 2.75) is 34.1 Å². The summed E-state index contributed by atoms with van der Waals surface area (Å²) in [5, 5.41) is 0. The van der Waals surface area contributed by atoms with Crippen molar-refractivity contribution < 1.29 is 0 Å². The molecule has 2 rings (SSSR count). The molecule has 2 unspecified atom stereocenters. The summed E-state index contributed by atoms with van der Waals surface area (Å²) in [5.41, 5.74) is 1.42. The molecule has 0 aromatic carbocycles. The van der Waals surface area contributed by atoms with Gasteiger partial charge >= 0.3 is 0 Å². The van der Waals surface area contributed by atoms with E-state index in [4.69, 9.17) is 0 Å². The molecule has 15 heavy (non-hydrogen) atoms. The standard InChI is InChI=1S/C14H20S/c1-9-7-10(2)14(9)6-5-13-8-11(3)15-12(13)4/h5-6,8-10,14H,7H2,1-4H3/b6-5-. The van der Waals surface area contributed by atoms with Crippen LogP contribution in [0.5, 0.6) is 0 Å². The first-order valence-electron chi connectivity index (χ1n) is 5.83. The van der Waals surface area contributed by atoms with Crippen LogP contribution < -0.4 is 0 Å². The zero-order valence-corrected chi connectivity index (χ0v) is 10.9. The van der Waals surface area contributed by atoms with Gasteiger partial charge in [0, 0.05) is 9.75 Å². The summed E-state index contributed by atoms with van der Waals surface area (Å²) in [4.78, 5) is 2.87. The quantitative estimate of drug-likeness (QED) is 0.679. The zero-order valence-electron chi connectivity index (χ0n) is 10.1. The number of aryl methyl sites for hydroxylation is 2. The summed E-state index contributed by atoms with van der Waals surface area (Å²) in [7, 11) is 0. The number of hydrogen-bond acceptors (Lipinski definition) is 1. The third-order valence-electron chi connectivity index (χ3n) is 3.64. The van der Waals surface area contributed by atoms with E-state index in [0.717, 1.165) is 17.8 Å². The molecule has 0 N–H and O–H groups in total. The van der Waals surface area contributed by atoms with Crippen LogP contribution in [0.1, 0.15) is 35.6 Å². The summed E-state index contributed by atoms with van der Waals surface area (Å²) >= 11 is 1.90. The Labute approximate surface area is 97.0 Å². The second kappa shape index (κ2) is 4.13. The third kappa shape index (κ3) is 2.17. The van der Waals surface area contributed by atoms with Gasteiger partial charge in [0.15, 0.2) is 0 Å². The van der Waals surface area contributed by atoms with E-state index in [1.54, 1.807) is 0 Å². The third-order valence-corrected chi connectivity index (χ3v) is 4.62. The number of allylic oxidation sites excluding steroid dienone is 1. The molecule has 1 saturated carbocycles. The highest BCUT2D eigenvalue weighted by atomic mass is 32.1. The highest BCUT2D eigenvalue weighted by Gasteiger charge is 2.32. The molecular formula is C14H20S. The van der Waals surface area contributed by atoms with Crippen LogP contribution in [0.4, 0.5) is 0 Å². The SMILES string of the molecule is Cc1cc(/C=C\C2C(C)CC2C)c(C)s1. The Morgan fingerprint density at radius 3 is 2.40 bits per heavy atom. The average molecular weight is 220 g/mol. The van der Waals surface area contributed by atoms with E-state index in [1.165, 1.54) is 21.7 Å². The monoisotopic (exact) mass is 220 g/mol. The predicted molar refractivity (Wildman–Crippen MR) is 69.3 cm³/mol. The van der Waals surface area contributed by atoms with Crippen LogP contribution in [0.25, 0.3) is 6.08 Å². The van der Waals surface area contributed by atoms with Crippen LogP contribution >= 0.6 is 11.3 Å². The fraction of sp³-hybridized carbons (Fsp3) is 0.571. The van der Waals surface area contributed by atoms with Gasteiger partial charge in [-0.15, -0.1) is 11.3 Å². The van der Waals surface area contributed by atoms with Gasteiger partial charge in [0.25, 0.3) is 0 Å². The minimum Gasteiger partial charge on any atom is -0.145 e. The lowest BCUT2D eigenvalue weighted by atomic mass is 9.66. The van der Waals surface area contributed by atoms with Gasteiger partial charge in [-0.05, 0) is 49.7 Å². The fourth-order valence-electron chi connectivity index (χ4n) is 2.68. The Morgan fingerprint density at radius 1 is 1.27 bits per heavy atom. The zero-order chi connectivity index (χ0) is 11.0.